The van der Waals surface area contributed by atoms with E-state index in [0.29, 0.717) is 0 Å². The van der Waals surface area contributed by atoms with Crippen LogP contribution in [-0.4, -0.2) is 43.5 Å². The molecule has 2 aliphatic rings. The predicted molar refractivity (Wildman–Crippen MR) is 125 cm³/mol. The van der Waals surface area contributed by atoms with E-state index in [-0.39, 0.29) is 11.6 Å². The fourth-order valence-electron chi connectivity index (χ4n) is 4.81. The predicted octanol–water partition coefficient (Wildman–Crippen LogP) is 3.91. The number of hydrogen-bond acceptors (Lipinski definition) is 5. The number of pyridine rings is 2. The van der Waals surface area contributed by atoms with Crippen LogP contribution in [0, 0.1) is 0 Å². The minimum atomic E-state index is -0.717. The van der Waals surface area contributed by atoms with Gasteiger partial charge in [-0.15, -0.1) is 0 Å². The quantitative estimate of drug-likeness (QED) is 0.477. The number of nitrogens with zero attached hydrogens (tertiary/aromatic N) is 4. The summed E-state index contributed by atoms with van der Waals surface area (Å²) in [5.41, 5.74) is 3.03. The van der Waals surface area contributed by atoms with E-state index < -0.39 is 11.4 Å². The van der Waals surface area contributed by atoms with E-state index in [2.05, 4.69) is 15.5 Å². The van der Waals surface area contributed by atoms with Crippen LogP contribution < -0.4 is 5.32 Å². The van der Waals surface area contributed by atoms with Crippen molar-refractivity contribution in [2.45, 2.75) is 49.5 Å². The second-order valence-electron chi connectivity index (χ2n) is 9.03. The van der Waals surface area contributed by atoms with Gasteiger partial charge in [-0.1, -0.05) is 18.6 Å². The zero-order valence-corrected chi connectivity index (χ0v) is 19.0. The summed E-state index contributed by atoms with van der Waals surface area (Å²) < 4.78 is 8.27. The fraction of sp³-hybridized carbons (Fsp3) is 0.360. The summed E-state index contributed by atoms with van der Waals surface area (Å²) in [5, 5.41) is 20.6. The van der Waals surface area contributed by atoms with Crippen LogP contribution in [0.15, 0.2) is 61.2 Å². The molecule has 0 aliphatic heterocycles. The van der Waals surface area contributed by atoms with Gasteiger partial charge in [-0.2, -0.15) is 10.2 Å². The Morgan fingerprint density at radius 3 is 1.91 bits per heavy atom. The smallest absolute Gasteiger partial charge is 0.407 e. The molecule has 0 spiro atoms. The molecule has 2 saturated carbocycles. The van der Waals surface area contributed by atoms with Crippen molar-refractivity contribution < 1.29 is 19.4 Å². The number of carbonyl (C=O) groups excluding carboxylic acids is 1. The zero-order valence-electron chi connectivity index (χ0n) is 19.0. The van der Waals surface area contributed by atoms with Gasteiger partial charge in [0.1, 0.15) is 0 Å². The second kappa shape index (κ2) is 8.48. The number of hydrogen-bond donors (Lipinski definition) is 2. The largest absolute Gasteiger partial charge is 0.481 e. The second-order valence-corrected chi connectivity index (χ2v) is 9.03. The lowest BCUT2D eigenvalue weighted by atomic mass is 9.65. The highest BCUT2D eigenvalue weighted by atomic mass is 16.5. The number of alkyl carbamates (subject to hydrolysis) is 1. The van der Waals surface area contributed by atoms with Crippen LogP contribution in [0.3, 0.4) is 0 Å². The molecule has 9 heteroatoms. The number of rotatable bonds is 4. The summed E-state index contributed by atoms with van der Waals surface area (Å²) in [4.78, 5) is 22.8. The van der Waals surface area contributed by atoms with Crippen LogP contribution >= 0.6 is 0 Å². The third-order valence-corrected chi connectivity index (χ3v) is 7.25. The van der Waals surface area contributed by atoms with Gasteiger partial charge in [-0.25, -0.2) is 13.8 Å². The molecule has 6 rings (SSSR count). The first-order valence-electron chi connectivity index (χ1n) is 11.4. The first kappa shape index (κ1) is 21.9. The number of methoxy groups -OCH3 is 1. The third-order valence-electron chi connectivity index (χ3n) is 7.25. The van der Waals surface area contributed by atoms with E-state index in [0.717, 1.165) is 60.7 Å². The molecule has 176 valence electrons. The average molecular weight is 462 g/mol. The Balaban J connectivity index is 0.000000142. The van der Waals surface area contributed by atoms with Crippen molar-refractivity contribution >= 4 is 23.1 Å². The molecule has 2 aliphatic carbocycles. The Bertz CT molecular complexity index is 1350. The number of fused-ring (bicyclic) bond motifs is 2. The van der Waals surface area contributed by atoms with Gasteiger partial charge in [0.15, 0.2) is 0 Å². The number of aromatic nitrogens is 4. The standard InChI is InChI=1S/C13H15N3O2.C12H12N2O2/c1-18-12(17)15-13(6-2-7-13)10-3-4-11-5-8-14-16(11)9-10;15-11(16)12(5-1-6-12)9-2-3-10-4-7-13-14(10)8-9/h3-5,8-9H,2,6-7H2,1H3,(H,15,17);2-4,7-8H,1,5-6H2,(H,15,16). The summed E-state index contributed by atoms with van der Waals surface area (Å²) in [5.74, 6) is -0.717. The molecule has 34 heavy (non-hydrogen) atoms. The van der Waals surface area contributed by atoms with E-state index in [1.165, 1.54) is 7.11 Å². The SMILES string of the molecule is COC(=O)NC1(c2ccc3ccnn3c2)CCC1.O=C(O)C1(c2ccc3ccnn3c2)CCC1. The Morgan fingerprint density at radius 1 is 0.882 bits per heavy atom. The zero-order chi connectivity index (χ0) is 23.8. The third kappa shape index (κ3) is 3.67. The van der Waals surface area contributed by atoms with E-state index in [1.807, 2.05) is 53.3 Å². The van der Waals surface area contributed by atoms with Gasteiger partial charge in [0.25, 0.3) is 0 Å². The van der Waals surface area contributed by atoms with Gasteiger partial charge in [0, 0.05) is 24.8 Å². The molecule has 4 aromatic heterocycles. The number of carbonyl (C=O) groups is 2. The molecule has 0 aromatic carbocycles. The van der Waals surface area contributed by atoms with Gasteiger partial charge >= 0.3 is 12.1 Å². The van der Waals surface area contributed by atoms with Crippen molar-refractivity contribution in [3.05, 3.63) is 72.3 Å². The summed E-state index contributed by atoms with van der Waals surface area (Å²) >= 11 is 0. The minimum Gasteiger partial charge on any atom is -0.481 e. The summed E-state index contributed by atoms with van der Waals surface area (Å²) in [6.07, 6.45) is 12.4. The van der Waals surface area contributed by atoms with Gasteiger partial charge in [0.05, 0.1) is 29.1 Å². The normalized spacial score (nSPS) is 17.7. The maximum absolute atomic E-state index is 11.5. The lowest BCUT2D eigenvalue weighted by Gasteiger charge is -2.42. The maximum Gasteiger partial charge on any atom is 0.407 e. The molecular weight excluding hydrogens is 434 g/mol. The van der Waals surface area contributed by atoms with Crippen LogP contribution in [0.5, 0.6) is 0 Å². The molecule has 0 unspecified atom stereocenters. The molecule has 1 amide bonds. The van der Waals surface area contributed by atoms with E-state index >= 15 is 0 Å². The Morgan fingerprint density at radius 2 is 1.44 bits per heavy atom. The van der Waals surface area contributed by atoms with Crippen molar-refractivity contribution in [1.82, 2.24) is 24.5 Å². The minimum absolute atomic E-state index is 0.284. The molecule has 0 radical (unpaired) electrons. The van der Waals surface area contributed by atoms with Crippen LogP contribution in [0.1, 0.15) is 49.7 Å². The molecule has 0 bridgehead atoms. The number of carboxylic acids is 1. The lowest BCUT2D eigenvalue weighted by Crippen LogP contribution is -2.50. The van der Waals surface area contributed by atoms with Crippen LogP contribution in [0.2, 0.25) is 0 Å². The number of nitrogens with one attached hydrogen (secondary N) is 1. The Labute approximate surface area is 196 Å². The van der Waals surface area contributed by atoms with Crippen molar-refractivity contribution in [1.29, 1.82) is 0 Å². The number of carboxylic acid groups (broad SMARTS) is 1. The van der Waals surface area contributed by atoms with Crippen molar-refractivity contribution in [2.24, 2.45) is 0 Å². The number of ether oxygens (including phenoxy) is 1. The average Bonchev–Trinajstić information content (AvgIpc) is 3.44. The highest BCUT2D eigenvalue weighted by molar-refractivity contribution is 5.82. The molecule has 4 aromatic rings. The summed E-state index contributed by atoms with van der Waals surface area (Å²) in [6.45, 7) is 0. The number of amides is 1. The first-order chi connectivity index (χ1) is 16.5. The maximum atomic E-state index is 11.5. The topological polar surface area (TPSA) is 110 Å². The summed E-state index contributed by atoms with van der Waals surface area (Å²) in [6, 6.07) is 11.7. The van der Waals surface area contributed by atoms with Crippen LogP contribution in [0.25, 0.3) is 11.0 Å². The van der Waals surface area contributed by atoms with Crippen molar-refractivity contribution in [3.63, 3.8) is 0 Å². The van der Waals surface area contributed by atoms with E-state index in [1.54, 1.807) is 16.9 Å². The Kier molecular flexibility index (Phi) is 5.47. The van der Waals surface area contributed by atoms with Crippen LogP contribution in [0.4, 0.5) is 4.79 Å². The van der Waals surface area contributed by atoms with Gasteiger partial charge in [-0.3, -0.25) is 4.79 Å². The highest BCUT2D eigenvalue weighted by Gasteiger charge is 2.46. The van der Waals surface area contributed by atoms with Gasteiger partial charge < -0.3 is 15.2 Å². The van der Waals surface area contributed by atoms with Gasteiger partial charge in [0.2, 0.25) is 0 Å². The van der Waals surface area contributed by atoms with E-state index in [9.17, 15) is 14.7 Å². The highest BCUT2D eigenvalue weighted by Crippen LogP contribution is 2.44. The van der Waals surface area contributed by atoms with Gasteiger partial charge in [-0.05, 0) is 67.5 Å². The fourth-order valence-corrected chi connectivity index (χ4v) is 4.81. The molecule has 2 N–H and O–H groups in total. The lowest BCUT2D eigenvalue weighted by molar-refractivity contribution is -0.147. The Hall–Kier alpha value is -3.88. The molecule has 9 nitrogen and oxygen atoms in total. The molecule has 2 fully saturated rings. The van der Waals surface area contributed by atoms with E-state index in [4.69, 9.17) is 4.74 Å². The summed E-state index contributed by atoms with van der Waals surface area (Å²) in [7, 11) is 1.39. The van der Waals surface area contributed by atoms with Crippen molar-refractivity contribution in [2.75, 3.05) is 7.11 Å². The van der Waals surface area contributed by atoms with Crippen molar-refractivity contribution in [3.8, 4) is 0 Å². The molecule has 4 heterocycles. The van der Waals surface area contributed by atoms with Crippen LogP contribution in [-0.2, 0) is 20.5 Å². The molecule has 0 saturated heterocycles. The molecular formula is C25H27N5O4. The number of aliphatic carboxylic acids is 1. The first-order valence-corrected chi connectivity index (χ1v) is 11.4. The monoisotopic (exact) mass is 461 g/mol. The molecule has 0 atom stereocenters.